The van der Waals surface area contributed by atoms with E-state index in [0.29, 0.717) is 19.3 Å². The average Bonchev–Trinajstić information content (AvgIpc) is 2.80. The predicted octanol–water partition coefficient (Wildman–Crippen LogP) is 0.943. The molecule has 0 spiro atoms. The molecular formula is C13H19BrN2O4. The van der Waals surface area contributed by atoms with Crippen molar-refractivity contribution >= 4 is 34.3 Å². The first-order valence-electron chi connectivity index (χ1n) is 6.54. The largest absolute Gasteiger partial charge is 0.468 e. The normalized spacial score (nSPS) is 38.5. The Hall–Kier alpha value is -0.790. The van der Waals surface area contributed by atoms with Crippen molar-refractivity contribution in [3.63, 3.8) is 0 Å². The van der Waals surface area contributed by atoms with E-state index in [1.54, 1.807) is 6.21 Å². The number of methoxy groups -OCH3 is 1. The molecule has 0 amide bonds. The number of rotatable bonds is 4. The molecule has 7 heteroatoms. The Morgan fingerprint density at radius 1 is 1.65 bits per heavy atom. The fraction of sp³-hybridized carbons (Fsp3) is 0.769. The number of nitrogens with one attached hydrogen (secondary N) is 1. The highest BCUT2D eigenvalue weighted by Gasteiger charge is 2.63. The number of alkyl halides is 1. The maximum atomic E-state index is 12.1. The van der Waals surface area contributed by atoms with Crippen molar-refractivity contribution < 1.29 is 19.4 Å². The average molecular weight is 347 g/mol. The van der Waals surface area contributed by atoms with E-state index in [2.05, 4.69) is 20.9 Å². The van der Waals surface area contributed by atoms with Crippen molar-refractivity contribution in [2.75, 3.05) is 20.3 Å². The fourth-order valence-electron chi connectivity index (χ4n) is 3.05. The Labute approximate surface area is 126 Å². The minimum atomic E-state index is -1.22. The van der Waals surface area contributed by atoms with Gasteiger partial charge in [-0.05, 0) is 12.8 Å². The van der Waals surface area contributed by atoms with Gasteiger partial charge in [-0.25, -0.2) is 0 Å². The summed E-state index contributed by atoms with van der Waals surface area (Å²) in [6.45, 7) is 0.338. The zero-order valence-corrected chi connectivity index (χ0v) is 12.9. The van der Waals surface area contributed by atoms with Gasteiger partial charge in [0.1, 0.15) is 11.0 Å². The van der Waals surface area contributed by atoms with Crippen LogP contribution in [0.1, 0.15) is 19.3 Å². The predicted molar refractivity (Wildman–Crippen MR) is 77.8 cm³/mol. The third kappa shape index (κ3) is 2.54. The molecule has 2 fully saturated rings. The van der Waals surface area contributed by atoms with Gasteiger partial charge in [0.15, 0.2) is 0 Å². The van der Waals surface area contributed by atoms with Gasteiger partial charge in [0, 0.05) is 18.9 Å². The molecule has 2 N–H and O–H groups in total. The number of nitrogens with zero attached hydrogens (tertiary/aromatic N) is 1. The quantitative estimate of drug-likeness (QED) is 0.450. The molecule has 0 radical (unpaired) electrons. The number of carbonyl (C=O) groups excluding carboxylic acids is 1. The summed E-state index contributed by atoms with van der Waals surface area (Å²) in [4.78, 5) is 16.2. The minimum absolute atomic E-state index is 0.0699. The van der Waals surface area contributed by atoms with E-state index < -0.39 is 17.0 Å². The van der Waals surface area contributed by atoms with Crippen molar-refractivity contribution in [1.29, 1.82) is 5.41 Å². The van der Waals surface area contributed by atoms with Crippen LogP contribution >= 0.6 is 15.9 Å². The van der Waals surface area contributed by atoms with Gasteiger partial charge in [0.25, 0.3) is 0 Å². The second-order valence-electron chi connectivity index (χ2n) is 5.40. The molecule has 0 aromatic heterocycles. The van der Waals surface area contributed by atoms with Crippen molar-refractivity contribution in [3.05, 3.63) is 0 Å². The fourth-order valence-corrected chi connectivity index (χ4v) is 3.19. The number of aliphatic imine (C=N–C) groups is 1. The van der Waals surface area contributed by atoms with Crippen LogP contribution in [0.3, 0.4) is 0 Å². The molecule has 20 heavy (non-hydrogen) atoms. The lowest BCUT2D eigenvalue weighted by Gasteiger charge is -2.43. The molecule has 2 aliphatic rings. The van der Waals surface area contributed by atoms with Gasteiger partial charge in [0.05, 0.1) is 31.2 Å². The van der Waals surface area contributed by atoms with Crippen molar-refractivity contribution in [1.82, 2.24) is 0 Å². The second-order valence-corrected chi connectivity index (χ2v) is 6.46. The highest BCUT2D eigenvalue weighted by molar-refractivity contribution is 9.10. The number of fused-ring (bicyclic) bond motifs is 1. The highest BCUT2D eigenvalue weighted by atomic mass is 79.9. The summed E-state index contributed by atoms with van der Waals surface area (Å²) >= 11 is 3.26. The molecule has 0 aromatic carbocycles. The number of halogens is 1. The molecule has 1 saturated heterocycles. The number of carbonyl (C=O) groups is 1. The first kappa shape index (κ1) is 15.6. The topological polar surface area (TPSA) is 92.0 Å². The Morgan fingerprint density at radius 3 is 3.05 bits per heavy atom. The van der Waals surface area contributed by atoms with E-state index in [1.807, 2.05) is 0 Å². The van der Waals surface area contributed by atoms with E-state index in [-0.39, 0.29) is 24.1 Å². The molecule has 1 aliphatic heterocycles. The van der Waals surface area contributed by atoms with Gasteiger partial charge in [-0.2, -0.15) is 0 Å². The summed E-state index contributed by atoms with van der Waals surface area (Å²) in [6.07, 6.45) is 4.43. The van der Waals surface area contributed by atoms with Crippen LogP contribution in [0, 0.1) is 10.8 Å². The van der Waals surface area contributed by atoms with Crippen LogP contribution in [0.4, 0.5) is 0 Å². The second kappa shape index (κ2) is 5.91. The van der Waals surface area contributed by atoms with Crippen LogP contribution in [-0.4, -0.2) is 60.3 Å². The lowest BCUT2D eigenvalue weighted by molar-refractivity contribution is -0.172. The minimum Gasteiger partial charge on any atom is -0.468 e. The summed E-state index contributed by atoms with van der Waals surface area (Å²) in [6, 6.07) is -0.0699. The van der Waals surface area contributed by atoms with Gasteiger partial charge in [-0.3, -0.25) is 9.79 Å². The molecule has 6 nitrogen and oxygen atoms in total. The third-order valence-corrected chi connectivity index (χ3v) is 4.73. The van der Waals surface area contributed by atoms with Crippen LogP contribution in [0.25, 0.3) is 0 Å². The maximum Gasteiger partial charge on any atom is 0.317 e. The van der Waals surface area contributed by atoms with E-state index in [0.717, 1.165) is 0 Å². The van der Waals surface area contributed by atoms with Crippen molar-refractivity contribution in [2.24, 2.45) is 10.4 Å². The summed E-state index contributed by atoms with van der Waals surface area (Å²) in [5, 5.41) is 17.9. The lowest BCUT2D eigenvalue weighted by atomic mass is 9.63. The Bertz CT molecular complexity index is 431. The molecule has 2 rings (SSSR count). The monoisotopic (exact) mass is 346 g/mol. The van der Waals surface area contributed by atoms with Gasteiger partial charge in [-0.15, -0.1) is 0 Å². The van der Waals surface area contributed by atoms with E-state index >= 15 is 0 Å². The molecule has 4 unspecified atom stereocenters. The van der Waals surface area contributed by atoms with Gasteiger partial charge in [0.2, 0.25) is 0 Å². The summed E-state index contributed by atoms with van der Waals surface area (Å²) in [5.41, 5.74) is -2.17. The zero-order chi connectivity index (χ0) is 14.8. The molecule has 1 saturated carbocycles. The third-order valence-electron chi connectivity index (χ3n) is 4.23. The van der Waals surface area contributed by atoms with E-state index in [4.69, 9.17) is 14.9 Å². The first-order chi connectivity index (χ1) is 9.47. The lowest BCUT2D eigenvalue weighted by Crippen LogP contribution is -2.57. The maximum absolute atomic E-state index is 12.1. The Morgan fingerprint density at radius 2 is 2.40 bits per heavy atom. The smallest absolute Gasteiger partial charge is 0.317 e. The standard InChI is InChI=1S/C13H19BrN2O4/c1-19-11(17)12-3-2-10(16-6-9(14)5-15)4-13(12,18)8-20-7-12/h5-6,9-10,15,18H,2-4,7-8H2,1H3. The summed E-state index contributed by atoms with van der Waals surface area (Å²) < 4.78 is 10.2. The number of esters is 1. The Kier molecular flexibility index (Phi) is 4.61. The van der Waals surface area contributed by atoms with Crippen molar-refractivity contribution in [3.8, 4) is 0 Å². The summed E-state index contributed by atoms with van der Waals surface area (Å²) in [5.74, 6) is -0.405. The van der Waals surface area contributed by atoms with Crippen molar-refractivity contribution in [2.45, 2.75) is 35.7 Å². The molecule has 112 valence electrons. The molecule has 4 atom stereocenters. The molecule has 1 aliphatic carbocycles. The number of hydrogen-bond donors (Lipinski definition) is 2. The summed E-state index contributed by atoms with van der Waals surface area (Å²) in [7, 11) is 1.33. The van der Waals surface area contributed by atoms with Crippen LogP contribution < -0.4 is 0 Å². The SMILES string of the molecule is COC(=O)C12CCC(N=CC(Br)C=N)CC1(O)COC2. The van der Waals surface area contributed by atoms with Gasteiger partial charge < -0.3 is 20.0 Å². The molecule has 1 heterocycles. The van der Waals surface area contributed by atoms with Crippen LogP contribution in [-0.2, 0) is 14.3 Å². The van der Waals surface area contributed by atoms with E-state index in [1.165, 1.54) is 13.3 Å². The number of aliphatic hydroxyl groups is 1. The molecule has 0 bridgehead atoms. The zero-order valence-electron chi connectivity index (χ0n) is 11.3. The molecular weight excluding hydrogens is 328 g/mol. The van der Waals surface area contributed by atoms with Crippen LogP contribution in [0.15, 0.2) is 4.99 Å². The van der Waals surface area contributed by atoms with Crippen LogP contribution in [0.2, 0.25) is 0 Å². The number of ether oxygens (including phenoxy) is 2. The number of hydrogen-bond acceptors (Lipinski definition) is 6. The van der Waals surface area contributed by atoms with Crippen LogP contribution in [0.5, 0.6) is 0 Å². The Balaban J connectivity index is 2.14. The first-order valence-corrected chi connectivity index (χ1v) is 7.45. The van der Waals surface area contributed by atoms with E-state index in [9.17, 15) is 9.90 Å². The molecule has 0 aromatic rings. The highest BCUT2D eigenvalue weighted by Crippen LogP contribution is 2.50. The van der Waals surface area contributed by atoms with Gasteiger partial charge in [-0.1, -0.05) is 15.9 Å². The van der Waals surface area contributed by atoms with Gasteiger partial charge >= 0.3 is 5.97 Å².